The zero-order valence-electron chi connectivity index (χ0n) is 15.7. The molecule has 1 heterocycles. The molecule has 0 radical (unpaired) electrons. The lowest BCUT2D eigenvalue weighted by molar-refractivity contribution is -0.137. The maximum absolute atomic E-state index is 13.3. The number of fused-ring (bicyclic) bond motifs is 1. The Morgan fingerprint density at radius 2 is 1.55 bits per heavy atom. The van der Waals surface area contributed by atoms with Crippen LogP contribution in [0.15, 0.2) is 77.7 Å². The van der Waals surface area contributed by atoms with E-state index in [9.17, 15) is 30.8 Å². The van der Waals surface area contributed by atoms with Gasteiger partial charge in [-0.2, -0.15) is 17.5 Å². The predicted molar refractivity (Wildman–Crippen MR) is 106 cm³/mol. The Balaban J connectivity index is 1.82. The van der Waals surface area contributed by atoms with Crippen LogP contribution in [0, 0.1) is 5.82 Å². The second kappa shape index (κ2) is 7.38. The van der Waals surface area contributed by atoms with Crippen LogP contribution in [0.5, 0.6) is 0 Å². The van der Waals surface area contributed by atoms with Gasteiger partial charge in [-0.3, -0.25) is 4.90 Å². The summed E-state index contributed by atoms with van der Waals surface area (Å²) in [6, 6.07) is 13.4. The summed E-state index contributed by atoms with van der Waals surface area (Å²) >= 11 is 0. The quantitative estimate of drug-likeness (QED) is 0.517. The van der Waals surface area contributed by atoms with Gasteiger partial charge in [0, 0.05) is 0 Å². The van der Waals surface area contributed by atoms with Crippen molar-refractivity contribution in [1.82, 2.24) is 0 Å². The third-order valence-electron chi connectivity index (χ3n) is 4.74. The molecule has 2 amide bonds. The molecule has 3 aromatic rings. The smallest absolute Gasteiger partial charge is 0.287 e. The normalized spacial score (nSPS) is 15.7. The molecule has 0 aromatic heterocycles. The summed E-state index contributed by atoms with van der Waals surface area (Å²) in [5.41, 5.74) is -0.764. The van der Waals surface area contributed by atoms with Gasteiger partial charge in [0.05, 0.1) is 23.5 Å². The first-order valence-electron chi connectivity index (χ1n) is 8.96. The number of alkyl halides is 3. The molecule has 0 spiro atoms. The van der Waals surface area contributed by atoms with E-state index < -0.39 is 33.6 Å². The minimum atomic E-state index is -4.57. The summed E-state index contributed by atoms with van der Waals surface area (Å²) < 4.78 is 79.3. The molecule has 160 valence electrons. The highest BCUT2D eigenvalue weighted by molar-refractivity contribution is 7.94. The van der Waals surface area contributed by atoms with Crippen LogP contribution in [0.4, 0.5) is 33.7 Å². The average molecular weight is 450 g/mol. The SMILES string of the molecule is O=C1N(Cc2cccc(C(F)(F)F)c2)c2ccccc2S(=O)(=O)N1c1ccc(F)cc1. The van der Waals surface area contributed by atoms with Gasteiger partial charge in [0.25, 0.3) is 10.0 Å². The van der Waals surface area contributed by atoms with E-state index >= 15 is 0 Å². The number of benzene rings is 3. The number of amides is 2. The molecular weight excluding hydrogens is 436 g/mol. The summed E-state index contributed by atoms with van der Waals surface area (Å²) in [7, 11) is -4.31. The van der Waals surface area contributed by atoms with Crippen molar-refractivity contribution in [2.45, 2.75) is 17.6 Å². The van der Waals surface area contributed by atoms with Gasteiger partial charge in [0.15, 0.2) is 0 Å². The second-order valence-electron chi connectivity index (χ2n) is 6.78. The Morgan fingerprint density at radius 1 is 0.871 bits per heavy atom. The van der Waals surface area contributed by atoms with Crippen molar-refractivity contribution >= 4 is 27.4 Å². The lowest BCUT2D eigenvalue weighted by Gasteiger charge is -2.36. The van der Waals surface area contributed by atoms with E-state index in [1.807, 2.05) is 0 Å². The molecule has 0 bridgehead atoms. The van der Waals surface area contributed by atoms with E-state index in [0.717, 1.165) is 41.3 Å². The van der Waals surface area contributed by atoms with E-state index in [4.69, 9.17) is 0 Å². The highest BCUT2D eigenvalue weighted by Crippen LogP contribution is 2.38. The number of urea groups is 1. The predicted octanol–water partition coefficient (Wildman–Crippen LogP) is 5.18. The van der Waals surface area contributed by atoms with Crippen molar-refractivity contribution in [1.29, 1.82) is 0 Å². The number of hydrogen-bond acceptors (Lipinski definition) is 3. The number of anilines is 2. The molecule has 0 atom stereocenters. The van der Waals surface area contributed by atoms with Crippen LogP contribution >= 0.6 is 0 Å². The third kappa shape index (κ3) is 3.74. The minimum Gasteiger partial charge on any atom is -0.287 e. The minimum absolute atomic E-state index is 0.0447. The van der Waals surface area contributed by atoms with Crippen molar-refractivity contribution < 1.29 is 30.8 Å². The zero-order chi connectivity index (χ0) is 22.4. The van der Waals surface area contributed by atoms with Crippen LogP contribution in [-0.4, -0.2) is 14.4 Å². The van der Waals surface area contributed by atoms with E-state index in [-0.39, 0.29) is 28.4 Å². The van der Waals surface area contributed by atoms with Crippen molar-refractivity contribution in [3.8, 4) is 0 Å². The average Bonchev–Trinajstić information content (AvgIpc) is 2.72. The molecule has 0 saturated carbocycles. The zero-order valence-corrected chi connectivity index (χ0v) is 16.5. The van der Waals surface area contributed by atoms with Crippen LogP contribution in [0.25, 0.3) is 0 Å². The van der Waals surface area contributed by atoms with E-state index in [1.54, 1.807) is 0 Å². The number of hydrogen-bond donors (Lipinski definition) is 0. The van der Waals surface area contributed by atoms with E-state index in [0.29, 0.717) is 4.31 Å². The summed E-state index contributed by atoms with van der Waals surface area (Å²) in [5, 5.41) is 0. The fourth-order valence-corrected chi connectivity index (χ4v) is 4.91. The number of carbonyl (C=O) groups is 1. The summed E-state index contributed by atoms with van der Waals surface area (Å²) in [6.07, 6.45) is -4.57. The van der Waals surface area contributed by atoms with Gasteiger partial charge < -0.3 is 0 Å². The Kier molecular flexibility index (Phi) is 4.97. The van der Waals surface area contributed by atoms with Gasteiger partial charge in [-0.15, -0.1) is 0 Å². The van der Waals surface area contributed by atoms with Crippen molar-refractivity contribution in [3.63, 3.8) is 0 Å². The van der Waals surface area contributed by atoms with Crippen LogP contribution in [0.2, 0.25) is 0 Å². The molecule has 0 unspecified atom stereocenters. The van der Waals surface area contributed by atoms with Gasteiger partial charge in [0.1, 0.15) is 10.7 Å². The first-order chi connectivity index (χ1) is 14.6. The lowest BCUT2D eigenvalue weighted by atomic mass is 10.1. The Hall–Kier alpha value is -3.40. The monoisotopic (exact) mass is 450 g/mol. The molecule has 0 N–H and O–H groups in total. The topological polar surface area (TPSA) is 57.7 Å². The number of para-hydroxylation sites is 1. The molecule has 4 rings (SSSR count). The van der Waals surface area contributed by atoms with Crippen molar-refractivity contribution in [2.24, 2.45) is 0 Å². The fraction of sp³-hybridized carbons (Fsp3) is 0.0952. The standard InChI is InChI=1S/C21H14F4N2O3S/c22-16-8-10-17(11-9-16)27-20(28)26(18-6-1-2-7-19(18)31(27,29)30)13-14-4-3-5-15(12-14)21(23,24)25/h1-12H,13H2. The number of sulfonamides is 1. The highest BCUT2D eigenvalue weighted by atomic mass is 32.2. The molecule has 1 aliphatic rings. The molecule has 5 nitrogen and oxygen atoms in total. The van der Waals surface area contributed by atoms with Crippen molar-refractivity contribution in [2.75, 3.05) is 9.21 Å². The third-order valence-corrected chi connectivity index (χ3v) is 6.48. The van der Waals surface area contributed by atoms with Crippen LogP contribution in [0.3, 0.4) is 0 Å². The number of nitrogens with zero attached hydrogens (tertiary/aromatic N) is 2. The lowest BCUT2D eigenvalue weighted by Crippen LogP contribution is -2.50. The molecule has 0 fully saturated rings. The van der Waals surface area contributed by atoms with Crippen LogP contribution in [-0.2, 0) is 22.7 Å². The summed E-state index contributed by atoms with van der Waals surface area (Å²) in [6.45, 7) is -0.299. The van der Waals surface area contributed by atoms with Gasteiger partial charge >= 0.3 is 12.2 Å². The number of rotatable bonds is 3. The Bertz CT molecular complexity index is 1260. The molecular formula is C21H14F4N2O3S. The molecule has 1 aliphatic heterocycles. The number of carbonyl (C=O) groups excluding carboxylic acids is 1. The van der Waals surface area contributed by atoms with E-state index in [2.05, 4.69) is 0 Å². The Labute approximate surface area is 175 Å². The van der Waals surface area contributed by atoms with Gasteiger partial charge in [-0.1, -0.05) is 24.3 Å². The van der Waals surface area contributed by atoms with Crippen LogP contribution in [0.1, 0.15) is 11.1 Å². The van der Waals surface area contributed by atoms with Crippen LogP contribution < -0.4 is 9.21 Å². The first-order valence-corrected chi connectivity index (χ1v) is 10.4. The maximum atomic E-state index is 13.3. The molecule has 0 aliphatic carbocycles. The summed E-state index contributed by atoms with van der Waals surface area (Å²) in [5.74, 6) is -0.619. The maximum Gasteiger partial charge on any atom is 0.416 e. The van der Waals surface area contributed by atoms with Crippen molar-refractivity contribution in [3.05, 3.63) is 89.7 Å². The molecule has 3 aromatic carbocycles. The highest BCUT2D eigenvalue weighted by Gasteiger charge is 2.42. The van der Waals surface area contributed by atoms with Gasteiger partial charge in [-0.25, -0.2) is 17.6 Å². The Morgan fingerprint density at radius 3 is 2.23 bits per heavy atom. The first kappa shape index (κ1) is 20.9. The van der Waals surface area contributed by atoms with E-state index in [1.165, 1.54) is 36.4 Å². The molecule has 10 heteroatoms. The summed E-state index contributed by atoms with van der Waals surface area (Å²) in [4.78, 5) is 14.1. The second-order valence-corrected chi connectivity index (χ2v) is 8.54. The fourth-order valence-electron chi connectivity index (χ4n) is 3.32. The largest absolute Gasteiger partial charge is 0.416 e. The van der Waals surface area contributed by atoms with Gasteiger partial charge in [0.2, 0.25) is 0 Å². The number of halogens is 4. The molecule has 0 saturated heterocycles. The van der Waals surface area contributed by atoms with Gasteiger partial charge in [-0.05, 0) is 54.1 Å². The molecule has 31 heavy (non-hydrogen) atoms.